The average Bonchev–Trinajstić information content (AvgIpc) is 2.52. The van der Waals surface area contributed by atoms with Crippen molar-refractivity contribution in [2.75, 3.05) is 0 Å². The Hall–Kier alpha value is -0.780. The first-order valence-electron chi connectivity index (χ1n) is 6.16. The van der Waals surface area contributed by atoms with Crippen molar-refractivity contribution in [3.63, 3.8) is 0 Å². The Balaban J connectivity index is 2.24. The predicted octanol–water partition coefficient (Wildman–Crippen LogP) is 2.70. The van der Waals surface area contributed by atoms with Crippen LogP contribution in [0.25, 0.3) is 0 Å². The fraction of sp³-hybridized carbons (Fsp3) is 0.917. The second-order valence-corrected chi connectivity index (χ2v) is 5.47. The molecule has 6 heteroatoms. The Morgan fingerprint density at radius 2 is 1.89 bits per heavy atom. The molecule has 1 heterocycles. The van der Waals surface area contributed by atoms with E-state index < -0.39 is 30.1 Å². The quantitative estimate of drug-likeness (QED) is 0.793. The Bertz CT molecular complexity index is 342. The Morgan fingerprint density at radius 1 is 1.28 bits per heavy atom. The lowest BCUT2D eigenvalue weighted by Gasteiger charge is -2.37. The number of alkyl halides is 3. The molecule has 2 fully saturated rings. The van der Waals surface area contributed by atoms with Crippen molar-refractivity contribution in [1.29, 1.82) is 0 Å². The van der Waals surface area contributed by atoms with Gasteiger partial charge in [0, 0.05) is 5.92 Å². The Morgan fingerprint density at radius 3 is 2.39 bits per heavy atom. The molecule has 2 aliphatic rings. The summed E-state index contributed by atoms with van der Waals surface area (Å²) in [6.45, 7) is 3.66. The van der Waals surface area contributed by atoms with Gasteiger partial charge in [-0.05, 0) is 25.7 Å². The van der Waals surface area contributed by atoms with Crippen LogP contribution in [0.4, 0.5) is 13.2 Å². The van der Waals surface area contributed by atoms with Crippen LogP contribution in [0.5, 0.6) is 0 Å². The summed E-state index contributed by atoms with van der Waals surface area (Å²) in [5.41, 5.74) is 0. The van der Waals surface area contributed by atoms with Gasteiger partial charge in [-0.15, -0.1) is 0 Å². The number of carboxylic acid groups (broad SMARTS) is 1. The second-order valence-electron chi connectivity index (χ2n) is 5.47. The molecule has 1 aliphatic heterocycles. The number of ether oxygens (including phenoxy) is 1. The number of carboxylic acids is 1. The number of fused-ring (bicyclic) bond motifs is 1. The Labute approximate surface area is 103 Å². The van der Waals surface area contributed by atoms with Gasteiger partial charge in [-0.3, -0.25) is 4.79 Å². The van der Waals surface area contributed by atoms with Crippen LogP contribution in [0.15, 0.2) is 0 Å². The summed E-state index contributed by atoms with van der Waals surface area (Å²) in [7, 11) is 0. The van der Waals surface area contributed by atoms with Gasteiger partial charge in [0.25, 0.3) is 0 Å². The maximum Gasteiger partial charge on any atom is 0.391 e. The highest BCUT2D eigenvalue weighted by Gasteiger charge is 2.55. The minimum absolute atomic E-state index is 0.00900. The summed E-state index contributed by atoms with van der Waals surface area (Å²) < 4.78 is 43.9. The standard InChI is InChI=1S/C12H17F3O3/c1-5-6(2)18-9-4-7(12(13,14)15)3-8(10(5)9)11(16)17/h5-10H,3-4H2,1-2H3,(H,16,17)/t5-,6+,7-,8+,9-,10+/m1/s1. The fourth-order valence-electron chi connectivity index (χ4n) is 3.35. The van der Waals surface area contributed by atoms with Gasteiger partial charge in [0.15, 0.2) is 0 Å². The average molecular weight is 266 g/mol. The molecule has 0 spiro atoms. The molecule has 0 radical (unpaired) electrons. The molecule has 1 saturated heterocycles. The molecule has 0 aromatic heterocycles. The SMILES string of the molecule is C[C@H]1[C@H]2[C@@H](C(=O)O)C[C@@H](C(F)(F)F)C[C@H]2O[C@H]1C. The van der Waals surface area contributed by atoms with E-state index in [1.165, 1.54) is 0 Å². The van der Waals surface area contributed by atoms with Crippen LogP contribution in [0.1, 0.15) is 26.7 Å². The first kappa shape index (κ1) is 13.6. The summed E-state index contributed by atoms with van der Waals surface area (Å²) in [5.74, 6) is -3.95. The number of hydrogen-bond acceptors (Lipinski definition) is 2. The molecule has 6 atom stereocenters. The van der Waals surface area contributed by atoms with E-state index >= 15 is 0 Å². The van der Waals surface area contributed by atoms with E-state index in [-0.39, 0.29) is 30.8 Å². The molecule has 0 aromatic carbocycles. The number of carbonyl (C=O) groups is 1. The maximum absolute atomic E-state index is 12.8. The largest absolute Gasteiger partial charge is 0.481 e. The Kier molecular flexibility index (Phi) is 3.34. The normalized spacial score (nSPS) is 44.7. The lowest BCUT2D eigenvalue weighted by Crippen LogP contribution is -2.44. The molecule has 3 nitrogen and oxygen atoms in total. The highest BCUT2D eigenvalue weighted by molar-refractivity contribution is 5.70. The molecule has 1 aliphatic carbocycles. The van der Waals surface area contributed by atoms with E-state index in [1.54, 1.807) is 6.92 Å². The number of halogens is 3. The first-order chi connectivity index (χ1) is 8.21. The highest BCUT2D eigenvalue weighted by Crippen LogP contribution is 2.50. The molecular weight excluding hydrogens is 249 g/mol. The van der Waals surface area contributed by atoms with Gasteiger partial charge in [-0.1, -0.05) is 6.92 Å². The summed E-state index contributed by atoms with van der Waals surface area (Å²) in [4.78, 5) is 11.2. The van der Waals surface area contributed by atoms with Gasteiger partial charge in [0.1, 0.15) is 0 Å². The van der Waals surface area contributed by atoms with Crippen molar-refractivity contribution in [2.45, 2.75) is 45.1 Å². The van der Waals surface area contributed by atoms with Crippen molar-refractivity contribution in [1.82, 2.24) is 0 Å². The lowest BCUT2D eigenvalue weighted by atomic mass is 9.68. The van der Waals surface area contributed by atoms with Crippen LogP contribution in [0, 0.1) is 23.7 Å². The minimum atomic E-state index is -4.34. The van der Waals surface area contributed by atoms with Gasteiger partial charge in [0.05, 0.1) is 24.0 Å². The van der Waals surface area contributed by atoms with Crippen molar-refractivity contribution in [2.24, 2.45) is 23.7 Å². The molecule has 0 amide bonds. The van der Waals surface area contributed by atoms with Gasteiger partial charge in [-0.25, -0.2) is 0 Å². The van der Waals surface area contributed by atoms with E-state index in [0.717, 1.165) is 0 Å². The van der Waals surface area contributed by atoms with Crippen LogP contribution in [-0.2, 0) is 9.53 Å². The van der Waals surface area contributed by atoms with Gasteiger partial charge in [-0.2, -0.15) is 13.2 Å². The van der Waals surface area contributed by atoms with Crippen molar-refractivity contribution < 1.29 is 27.8 Å². The third-order valence-electron chi connectivity index (χ3n) is 4.47. The van der Waals surface area contributed by atoms with Crippen LogP contribution in [0.2, 0.25) is 0 Å². The predicted molar refractivity (Wildman–Crippen MR) is 56.9 cm³/mol. The third-order valence-corrected chi connectivity index (χ3v) is 4.47. The molecule has 0 bridgehead atoms. The topological polar surface area (TPSA) is 46.5 Å². The van der Waals surface area contributed by atoms with E-state index in [9.17, 15) is 18.0 Å². The molecule has 0 aromatic rings. The minimum Gasteiger partial charge on any atom is -0.481 e. The third kappa shape index (κ3) is 2.22. The van der Waals surface area contributed by atoms with E-state index in [1.807, 2.05) is 6.92 Å². The molecule has 1 saturated carbocycles. The highest BCUT2D eigenvalue weighted by atomic mass is 19.4. The van der Waals surface area contributed by atoms with Gasteiger partial charge in [0.2, 0.25) is 0 Å². The molecule has 0 unspecified atom stereocenters. The zero-order chi connectivity index (χ0) is 13.7. The van der Waals surface area contributed by atoms with Crippen molar-refractivity contribution in [3.05, 3.63) is 0 Å². The smallest absolute Gasteiger partial charge is 0.391 e. The summed E-state index contributed by atoms with van der Waals surface area (Å²) in [6.07, 6.45) is -5.50. The van der Waals surface area contributed by atoms with Gasteiger partial charge >= 0.3 is 12.1 Å². The zero-order valence-corrected chi connectivity index (χ0v) is 10.3. The fourth-order valence-corrected chi connectivity index (χ4v) is 3.35. The number of rotatable bonds is 1. The summed E-state index contributed by atoms with van der Waals surface area (Å²) in [6, 6.07) is 0. The molecular formula is C12H17F3O3. The maximum atomic E-state index is 12.8. The summed E-state index contributed by atoms with van der Waals surface area (Å²) in [5, 5.41) is 9.15. The van der Waals surface area contributed by atoms with Crippen LogP contribution < -0.4 is 0 Å². The molecule has 104 valence electrons. The second kappa shape index (κ2) is 4.40. The monoisotopic (exact) mass is 266 g/mol. The van der Waals surface area contributed by atoms with E-state index in [4.69, 9.17) is 9.84 Å². The molecule has 2 rings (SSSR count). The number of hydrogen-bond donors (Lipinski definition) is 1. The van der Waals surface area contributed by atoms with Crippen LogP contribution in [0.3, 0.4) is 0 Å². The lowest BCUT2D eigenvalue weighted by molar-refractivity contribution is -0.202. The van der Waals surface area contributed by atoms with Crippen molar-refractivity contribution in [3.8, 4) is 0 Å². The number of aliphatic carboxylic acids is 1. The first-order valence-corrected chi connectivity index (χ1v) is 6.16. The van der Waals surface area contributed by atoms with Crippen molar-refractivity contribution >= 4 is 5.97 Å². The molecule has 1 N–H and O–H groups in total. The van der Waals surface area contributed by atoms with Crippen LogP contribution in [-0.4, -0.2) is 29.5 Å². The van der Waals surface area contributed by atoms with Crippen LogP contribution >= 0.6 is 0 Å². The van der Waals surface area contributed by atoms with Gasteiger partial charge < -0.3 is 9.84 Å². The van der Waals surface area contributed by atoms with E-state index in [2.05, 4.69) is 0 Å². The zero-order valence-electron chi connectivity index (χ0n) is 10.3. The molecule has 18 heavy (non-hydrogen) atoms. The summed E-state index contributed by atoms with van der Waals surface area (Å²) >= 11 is 0. The van der Waals surface area contributed by atoms with E-state index in [0.29, 0.717) is 0 Å².